The second kappa shape index (κ2) is 10.2. The van der Waals surface area contributed by atoms with Crippen LogP contribution in [0.3, 0.4) is 0 Å². The number of anilines is 2. The SMILES string of the molecule is CC[C@@H](C)[C@@H](NC(=O)c1ccccc1)C(=O)Nc1ccc(N2CCN(C)CC2)nc1. The largest absolute Gasteiger partial charge is 0.354 e. The number of hydrogen-bond donors (Lipinski definition) is 2. The van der Waals surface area contributed by atoms with Crippen molar-refractivity contribution in [3.05, 3.63) is 54.2 Å². The third-order valence-corrected chi connectivity index (χ3v) is 5.66. The van der Waals surface area contributed by atoms with Gasteiger partial charge in [0.25, 0.3) is 5.91 Å². The minimum Gasteiger partial charge on any atom is -0.354 e. The van der Waals surface area contributed by atoms with Crippen molar-refractivity contribution in [2.45, 2.75) is 26.3 Å². The van der Waals surface area contributed by atoms with Gasteiger partial charge < -0.3 is 20.4 Å². The lowest BCUT2D eigenvalue weighted by Crippen LogP contribution is -2.47. The van der Waals surface area contributed by atoms with E-state index in [9.17, 15) is 9.59 Å². The van der Waals surface area contributed by atoms with Gasteiger partial charge in [0.05, 0.1) is 11.9 Å². The van der Waals surface area contributed by atoms with E-state index < -0.39 is 6.04 Å². The maximum absolute atomic E-state index is 12.9. The van der Waals surface area contributed by atoms with Gasteiger partial charge in [0, 0.05) is 31.7 Å². The van der Waals surface area contributed by atoms with Crippen molar-refractivity contribution in [1.82, 2.24) is 15.2 Å². The zero-order valence-electron chi connectivity index (χ0n) is 18.0. The van der Waals surface area contributed by atoms with Gasteiger partial charge in [0.1, 0.15) is 11.9 Å². The predicted molar refractivity (Wildman–Crippen MR) is 120 cm³/mol. The summed E-state index contributed by atoms with van der Waals surface area (Å²) < 4.78 is 0. The fraction of sp³-hybridized carbons (Fsp3) is 0.435. The lowest BCUT2D eigenvalue weighted by atomic mass is 9.97. The lowest BCUT2D eigenvalue weighted by molar-refractivity contribution is -0.119. The highest BCUT2D eigenvalue weighted by Crippen LogP contribution is 2.17. The molecule has 0 bridgehead atoms. The van der Waals surface area contributed by atoms with Crippen LogP contribution in [0.2, 0.25) is 0 Å². The number of likely N-dealkylation sites (N-methyl/N-ethyl adjacent to an activating group) is 1. The molecule has 160 valence electrons. The molecule has 2 heterocycles. The van der Waals surface area contributed by atoms with E-state index in [4.69, 9.17) is 0 Å². The number of rotatable bonds is 7. The van der Waals surface area contributed by atoms with Crippen molar-refractivity contribution in [1.29, 1.82) is 0 Å². The number of hydrogen-bond acceptors (Lipinski definition) is 5. The molecule has 2 atom stereocenters. The molecule has 0 radical (unpaired) electrons. The summed E-state index contributed by atoms with van der Waals surface area (Å²) >= 11 is 0. The van der Waals surface area contributed by atoms with E-state index in [-0.39, 0.29) is 17.7 Å². The smallest absolute Gasteiger partial charge is 0.251 e. The molecule has 2 amide bonds. The van der Waals surface area contributed by atoms with Crippen molar-refractivity contribution >= 4 is 23.3 Å². The number of pyridine rings is 1. The molecule has 3 rings (SSSR count). The number of aromatic nitrogens is 1. The van der Waals surface area contributed by atoms with Gasteiger partial charge in [-0.2, -0.15) is 0 Å². The van der Waals surface area contributed by atoms with Crippen molar-refractivity contribution < 1.29 is 9.59 Å². The number of carbonyl (C=O) groups excluding carboxylic acids is 2. The van der Waals surface area contributed by atoms with Gasteiger partial charge in [0.15, 0.2) is 0 Å². The first-order valence-electron chi connectivity index (χ1n) is 10.5. The van der Waals surface area contributed by atoms with Gasteiger partial charge in [-0.3, -0.25) is 9.59 Å². The van der Waals surface area contributed by atoms with Crippen molar-refractivity contribution in [3.63, 3.8) is 0 Å². The highest BCUT2D eigenvalue weighted by Gasteiger charge is 2.26. The Morgan fingerprint density at radius 3 is 2.37 bits per heavy atom. The van der Waals surface area contributed by atoms with Gasteiger partial charge in [0.2, 0.25) is 5.91 Å². The molecule has 1 aliphatic rings. The molecule has 2 N–H and O–H groups in total. The first-order valence-corrected chi connectivity index (χ1v) is 10.5. The molecule has 0 aliphatic carbocycles. The Balaban J connectivity index is 1.64. The van der Waals surface area contributed by atoms with E-state index in [1.807, 2.05) is 32.0 Å². The minimum atomic E-state index is -0.625. The molecule has 7 nitrogen and oxygen atoms in total. The number of piperazine rings is 1. The molecular weight excluding hydrogens is 378 g/mol. The van der Waals surface area contributed by atoms with E-state index in [1.54, 1.807) is 30.5 Å². The summed E-state index contributed by atoms with van der Waals surface area (Å²) in [5.74, 6) is 0.426. The summed E-state index contributed by atoms with van der Waals surface area (Å²) in [6.07, 6.45) is 2.45. The lowest BCUT2D eigenvalue weighted by Gasteiger charge is -2.33. The normalized spacial score (nSPS) is 16.6. The second-order valence-corrected chi connectivity index (χ2v) is 7.89. The third kappa shape index (κ3) is 5.57. The molecule has 1 aromatic heterocycles. The van der Waals surface area contributed by atoms with E-state index in [1.165, 1.54) is 0 Å². The number of amides is 2. The Kier molecular flexibility index (Phi) is 7.41. The minimum absolute atomic E-state index is 0.00441. The van der Waals surface area contributed by atoms with Crippen LogP contribution in [0.5, 0.6) is 0 Å². The Labute approximate surface area is 178 Å². The molecule has 1 aromatic carbocycles. The van der Waals surface area contributed by atoms with Crippen LogP contribution in [0.15, 0.2) is 48.7 Å². The molecule has 1 aliphatic heterocycles. The second-order valence-electron chi connectivity index (χ2n) is 7.89. The number of carbonyl (C=O) groups is 2. The fourth-order valence-electron chi connectivity index (χ4n) is 3.42. The van der Waals surface area contributed by atoms with Crippen LogP contribution < -0.4 is 15.5 Å². The number of nitrogens with one attached hydrogen (secondary N) is 2. The number of benzene rings is 1. The zero-order chi connectivity index (χ0) is 21.5. The van der Waals surface area contributed by atoms with Gasteiger partial charge in [-0.15, -0.1) is 0 Å². The average Bonchev–Trinajstić information content (AvgIpc) is 2.78. The predicted octanol–water partition coefficient (Wildman–Crippen LogP) is 2.62. The highest BCUT2D eigenvalue weighted by molar-refractivity contribution is 6.01. The topological polar surface area (TPSA) is 77.6 Å². The highest BCUT2D eigenvalue weighted by atomic mass is 16.2. The van der Waals surface area contributed by atoms with E-state index >= 15 is 0 Å². The first kappa shape index (κ1) is 21.8. The Morgan fingerprint density at radius 1 is 1.07 bits per heavy atom. The van der Waals surface area contributed by atoms with Crippen molar-refractivity contribution in [3.8, 4) is 0 Å². The molecule has 1 fully saturated rings. The van der Waals surface area contributed by atoms with Crippen molar-refractivity contribution in [2.24, 2.45) is 5.92 Å². The molecule has 2 aromatic rings. The molecule has 0 saturated carbocycles. The number of nitrogens with zero attached hydrogens (tertiary/aromatic N) is 3. The van der Waals surface area contributed by atoms with Crippen molar-refractivity contribution in [2.75, 3.05) is 43.4 Å². The van der Waals surface area contributed by atoms with Crippen LogP contribution in [-0.2, 0) is 4.79 Å². The monoisotopic (exact) mass is 409 g/mol. The van der Waals surface area contributed by atoms with Crippen LogP contribution in [0.1, 0.15) is 30.6 Å². The molecule has 7 heteroatoms. The van der Waals surface area contributed by atoms with Crippen LogP contribution in [-0.4, -0.2) is 61.0 Å². The van der Waals surface area contributed by atoms with E-state index in [0.29, 0.717) is 11.3 Å². The van der Waals surface area contributed by atoms with Gasteiger partial charge in [-0.25, -0.2) is 4.98 Å². The summed E-state index contributed by atoms with van der Waals surface area (Å²) in [6.45, 7) is 7.87. The Bertz CT molecular complexity index is 832. The maximum atomic E-state index is 12.9. The molecule has 0 unspecified atom stereocenters. The summed E-state index contributed by atoms with van der Waals surface area (Å²) in [7, 11) is 2.12. The van der Waals surface area contributed by atoms with Gasteiger partial charge >= 0.3 is 0 Å². The average molecular weight is 410 g/mol. The van der Waals surface area contributed by atoms with Gasteiger partial charge in [-0.1, -0.05) is 38.5 Å². The maximum Gasteiger partial charge on any atom is 0.251 e. The summed E-state index contributed by atoms with van der Waals surface area (Å²) in [6, 6.07) is 12.1. The Morgan fingerprint density at radius 2 is 1.77 bits per heavy atom. The quantitative estimate of drug-likeness (QED) is 0.735. The first-order chi connectivity index (χ1) is 14.5. The van der Waals surface area contributed by atoms with Crippen LogP contribution >= 0.6 is 0 Å². The summed E-state index contributed by atoms with van der Waals surface area (Å²) in [5.41, 5.74) is 1.16. The van der Waals surface area contributed by atoms with Gasteiger partial charge in [-0.05, 0) is 37.2 Å². The van der Waals surface area contributed by atoms with Crippen LogP contribution in [0.4, 0.5) is 11.5 Å². The van der Waals surface area contributed by atoms with E-state index in [0.717, 1.165) is 38.4 Å². The summed E-state index contributed by atoms with van der Waals surface area (Å²) in [5, 5.41) is 5.80. The molecular formula is C23H31N5O2. The fourth-order valence-corrected chi connectivity index (χ4v) is 3.42. The van der Waals surface area contributed by atoms with Crippen LogP contribution in [0, 0.1) is 5.92 Å². The summed E-state index contributed by atoms with van der Waals surface area (Å²) in [4.78, 5) is 34.6. The standard InChI is InChI=1S/C23H31N5O2/c1-4-17(2)21(26-22(29)18-8-6-5-7-9-18)23(30)25-19-10-11-20(24-16-19)28-14-12-27(3)13-15-28/h5-11,16-17,21H,4,12-15H2,1-3H3,(H,25,30)(H,26,29)/t17-,21-/m1/s1. The third-order valence-electron chi connectivity index (χ3n) is 5.66. The Hall–Kier alpha value is -2.93. The molecule has 0 spiro atoms. The molecule has 1 saturated heterocycles. The van der Waals surface area contributed by atoms with Crippen LogP contribution in [0.25, 0.3) is 0 Å². The molecule has 30 heavy (non-hydrogen) atoms. The zero-order valence-corrected chi connectivity index (χ0v) is 18.0. The van der Waals surface area contributed by atoms with E-state index in [2.05, 4.69) is 32.5 Å².